The first-order valence-corrected chi connectivity index (χ1v) is 23.8. The average Bonchev–Trinajstić information content (AvgIpc) is 3.91. The molecule has 1 fully saturated rings. The van der Waals surface area contributed by atoms with Crippen molar-refractivity contribution in [1.29, 1.82) is 0 Å². The summed E-state index contributed by atoms with van der Waals surface area (Å²) >= 11 is 0. The van der Waals surface area contributed by atoms with Crippen molar-refractivity contribution >= 4 is 19.8 Å². The van der Waals surface area contributed by atoms with Gasteiger partial charge in [-0.3, -0.25) is 18.6 Å². The van der Waals surface area contributed by atoms with Crippen LogP contribution >= 0.6 is 7.82 Å². The minimum absolute atomic E-state index is 0.0507. The summed E-state index contributed by atoms with van der Waals surface area (Å²) in [6.45, 7) is 3.70. The number of epoxide rings is 1. The molecule has 0 amide bonds. The number of hydrogen-bond acceptors (Lipinski definition) is 9. The molecule has 54 heavy (non-hydrogen) atoms. The highest BCUT2D eigenvalue weighted by molar-refractivity contribution is 7.47. The lowest BCUT2D eigenvalue weighted by Crippen LogP contribution is -2.29. The third-order valence-corrected chi connectivity index (χ3v) is 11.1. The Kier molecular flexibility index (Phi) is 33.9. The summed E-state index contributed by atoms with van der Waals surface area (Å²) in [5.74, 6) is -0.842. The van der Waals surface area contributed by atoms with Crippen molar-refractivity contribution in [2.75, 3.05) is 26.4 Å². The second-order valence-electron chi connectivity index (χ2n) is 15.3. The maximum Gasteiger partial charge on any atom is 0.472 e. The summed E-state index contributed by atoms with van der Waals surface area (Å²) < 4.78 is 38.6. The predicted octanol–water partition coefficient (Wildman–Crippen LogP) is 11.6. The summed E-state index contributed by atoms with van der Waals surface area (Å²) in [7, 11) is -4.38. The van der Waals surface area contributed by atoms with Crippen LogP contribution in [-0.4, -0.2) is 61.5 Å². The molecule has 1 aliphatic rings. The van der Waals surface area contributed by atoms with Gasteiger partial charge < -0.3 is 24.8 Å². The quantitative estimate of drug-likeness (QED) is 0.0202. The summed E-state index contributed by atoms with van der Waals surface area (Å²) in [6.07, 6.45) is 38.3. The second kappa shape index (κ2) is 36.1. The summed E-state index contributed by atoms with van der Waals surface area (Å²) in [4.78, 5) is 34.9. The van der Waals surface area contributed by atoms with Crippen LogP contribution < -0.4 is 5.73 Å². The summed E-state index contributed by atoms with van der Waals surface area (Å²) in [6, 6.07) is 0. The number of ether oxygens (including phenoxy) is 3. The molecule has 0 aromatic carbocycles. The fraction of sp³-hybridized carbons (Fsp3) is 0.907. The van der Waals surface area contributed by atoms with E-state index in [2.05, 4.69) is 26.0 Å². The zero-order valence-corrected chi connectivity index (χ0v) is 35.6. The van der Waals surface area contributed by atoms with Crippen molar-refractivity contribution in [2.45, 2.75) is 225 Å². The van der Waals surface area contributed by atoms with E-state index in [9.17, 15) is 19.0 Å². The Balaban J connectivity index is 2.16. The molecule has 1 saturated heterocycles. The number of unbranched alkanes of at least 4 members (excludes halogenated alkanes) is 23. The Morgan fingerprint density at radius 1 is 0.648 bits per heavy atom. The molecule has 0 bridgehead atoms. The van der Waals surface area contributed by atoms with Gasteiger partial charge in [-0.2, -0.15) is 0 Å². The molecule has 1 rings (SSSR count). The topological polar surface area (TPSA) is 147 Å². The van der Waals surface area contributed by atoms with Gasteiger partial charge in [0.2, 0.25) is 0 Å². The molecular formula is C43H82NO9P. The van der Waals surface area contributed by atoms with Gasteiger partial charge in [-0.05, 0) is 38.5 Å². The number of phosphoric acid groups is 1. The lowest BCUT2D eigenvalue weighted by Gasteiger charge is -2.19. The van der Waals surface area contributed by atoms with Gasteiger partial charge in [0.15, 0.2) is 6.10 Å². The molecule has 0 radical (unpaired) electrons. The fourth-order valence-corrected chi connectivity index (χ4v) is 7.41. The van der Waals surface area contributed by atoms with E-state index < -0.39 is 26.5 Å². The standard InChI is InChI=1S/C43H82NO9P/c1-3-5-7-9-11-12-13-14-15-16-17-18-19-20-21-25-29-33-42(45)49-37-39(38-51-54(47,48)50-36-35-44)52-43(46)34-30-26-22-24-28-32-41-40(53-41)31-27-23-10-8-6-4-2/h23,27,39-41H,3-22,24-26,28-38,44H2,1-2H3,(H,47,48)/b27-23-/t39-,40?,41?/m1/s1. The van der Waals surface area contributed by atoms with E-state index in [1.54, 1.807) is 0 Å². The van der Waals surface area contributed by atoms with Gasteiger partial charge in [0.05, 0.1) is 25.4 Å². The van der Waals surface area contributed by atoms with E-state index in [1.165, 1.54) is 109 Å². The molecule has 0 aliphatic carbocycles. The van der Waals surface area contributed by atoms with Gasteiger partial charge in [-0.25, -0.2) is 4.57 Å². The van der Waals surface area contributed by atoms with Crippen LogP contribution in [0.25, 0.3) is 0 Å². The first-order chi connectivity index (χ1) is 26.3. The number of carbonyl (C=O) groups is 2. The Morgan fingerprint density at radius 3 is 1.70 bits per heavy atom. The second-order valence-corrected chi connectivity index (χ2v) is 16.8. The van der Waals surface area contributed by atoms with E-state index in [0.29, 0.717) is 18.6 Å². The summed E-state index contributed by atoms with van der Waals surface area (Å²) in [5.41, 5.74) is 5.35. The number of phosphoric ester groups is 1. The number of nitrogens with two attached hydrogens (primary N) is 1. The van der Waals surface area contributed by atoms with E-state index in [4.69, 9.17) is 29.0 Å². The fourth-order valence-electron chi connectivity index (χ4n) is 6.64. The third-order valence-electron chi connectivity index (χ3n) is 10.1. The Bertz CT molecular complexity index is 965. The van der Waals surface area contributed by atoms with Gasteiger partial charge >= 0.3 is 19.8 Å². The highest BCUT2D eigenvalue weighted by Gasteiger charge is 2.36. The predicted molar refractivity (Wildman–Crippen MR) is 219 cm³/mol. The van der Waals surface area contributed by atoms with Crippen LogP contribution in [0.3, 0.4) is 0 Å². The number of rotatable bonds is 41. The van der Waals surface area contributed by atoms with E-state index in [0.717, 1.165) is 64.2 Å². The van der Waals surface area contributed by atoms with Crippen LogP contribution in [0.1, 0.15) is 206 Å². The van der Waals surface area contributed by atoms with Crippen molar-refractivity contribution in [1.82, 2.24) is 0 Å². The first-order valence-electron chi connectivity index (χ1n) is 22.3. The zero-order chi connectivity index (χ0) is 39.4. The first kappa shape index (κ1) is 50.7. The van der Waals surface area contributed by atoms with Crippen molar-refractivity contribution < 1.29 is 42.3 Å². The van der Waals surface area contributed by atoms with Crippen LogP contribution in [0.5, 0.6) is 0 Å². The Labute approximate surface area is 330 Å². The number of carbonyl (C=O) groups excluding carboxylic acids is 2. The van der Waals surface area contributed by atoms with Crippen LogP contribution in [0, 0.1) is 0 Å². The lowest BCUT2D eigenvalue weighted by molar-refractivity contribution is -0.161. The van der Waals surface area contributed by atoms with Crippen LogP contribution in [0.15, 0.2) is 12.2 Å². The molecule has 318 valence electrons. The Hall–Kier alpha value is -1.29. The van der Waals surface area contributed by atoms with Gasteiger partial charge in [0, 0.05) is 19.4 Å². The van der Waals surface area contributed by atoms with E-state index in [1.807, 2.05) is 0 Å². The molecule has 3 unspecified atom stereocenters. The molecule has 1 aliphatic heterocycles. The molecule has 11 heteroatoms. The zero-order valence-electron chi connectivity index (χ0n) is 34.7. The normalized spacial score (nSPS) is 17.1. The highest BCUT2D eigenvalue weighted by Crippen LogP contribution is 2.43. The van der Waals surface area contributed by atoms with Crippen LogP contribution in [-0.2, 0) is 37.4 Å². The van der Waals surface area contributed by atoms with Crippen LogP contribution in [0.4, 0.5) is 0 Å². The minimum atomic E-state index is -4.38. The number of esters is 2. The molecule has 10 nitrogen and oxygen atoms in total. The van der Waals surface area contributed by atoms with E-state index in [-0.39, 0.29) is 38.6 Å². The maximum absolute atomic E-state index is 12.6. The monoisotopic (exact) mass is 788 g/mol. The van der Waals surface area contributed by atoms with Crippen molar-refractivity contribution in [3.05, 3.63) is 12.2 Å². The van der Waals surface area contributed by atoms with Gasteiger partial charge in [-0.1, -0.05) is 167 Å². The third kappa shape index (κ3) is 32.9. The van der Waals surface area contributed by atoms with Gasteiger partial charge in [0.25, 0.3) is 0 Å². The molecule has 0 aromatic rings. The molecule has 1 heterocycles. The molecule has 3 N–H and O–H groups in total. The lowest BCUT2D eigenvalue weighted by atomic mass is 10.0. The van der Waals surface area contributed by atoms with Crippen LogP contribution in [0.2, 0.25) is 0 Å². The average molecular weight is 788 g/mol. The number of hydrogen-bond donors (Lipinski definition) is 2. The molecule has 0 spiro atoms. The van der Waals surface area contributed by atoms with Gasteiger partial charge in [0.1, 0.15) is 6.61 Å². The molecular weight excluding hydrogens is 705 g/mol. The summed E-state index contributed by atoms with van der Waals surface area (Å²) in [5, 5.41) is 0. The largest absolute Gasteiger partial charge is 0.472 e. The van der Waals surface area contributed by atoms with E-state index >= 15 is 0 Å². The maximum atomic E-state index is 12.6. The molecule has 0 saturated carbocycles. The minimum Gasteiger partial charge on any atom is -0.462 e. The number of allylic oxidation sites excluding steroid dienone is 1. The SMILES string of the molecule is CCCCC/C=C\CC1OC1CCCCCCCC(=O)O[C@H](COC(=O)CCCCCCCCCCCCCCCCCCC)COP(=O)(O)OCCN. The smallest absolute Gasteiger partial charge is 0.462 e. The highest BCUT2D eigenvalue weighted by atomic mass is 31.2. The molecule has 4 atom stereocenters. The van der Waals surface area contributed by atoms with Crippen molar-refractivity contribution in [3.63, 3.8) is 0 Å². The molecule has 0 aromatic heterocycles. The van der Waals surface area contributed by atoms with Crippen molar-refractivity contribution in [2.24, 2.45) is 5.73 Å². The van der Waals surface area contributed by atoms with Crippen molar-refractivity contribution in [3.8, 4) is 0 Å². The van der Waals surface area contributed by atoms with Gasteiger partial charge in [-0.15, -0.1) is 0 Å². The Morgan fingerprint density at radius 2 is 1.15 bits per heavy atom.